The van der Waals surface area contributed by atoms with Crippen molar-refractivity contribution >= 4 is 5.69 Å². The van der Waals surface area contributed by atoms with Crippen LogP contribution in [0.5, 0.6) is 0 Å². The molecule has 3 rings (SSSR count). The number of nitrogens with one attached hydrogen (secondary N) is 1. The number of aromatic amines is 1. The van der Waals surface area contributed by atoms with Crippen molar-refractivity contribution in [3.8, 4) is 0 Å². The highest BCUT2D eigenvalue weighted by Gasteiger charge is 2.22. The summed E-state index contributed by atoms with van der Waals surface area (Å²) >= 11 is 0. The number of aryl methyl sites for hydroxylation is 1. The fraction of sp³-hybridized carbons (Fsp3) is 0.333. The number of hydrogen-bond acceptors (Lipinski definition) is 5. The van der Waals surface area contributed by atoms with Crippen molar-refractivity contribution < 1.29 is 4.92 Å². The lowest BCUT2D eigenvalue weighted by atomic mass is 10.1. The molecule has 0 spiro atoms. The molecule has 0 amide bonds. The van der Waals surface area contributed by atoms with Crippen LogP contribution in [0.1, 0.15) is 22.6 Å². The van der Waals surface area contributed by atoms with Gasteiger partial charge in [0, 0.05) is 36.8 Å². The Morgan fingerprint density at radius 1 is 1.41 bits per heavy atom. The highest BCUT2D eigenvalue weighted by Crippen LogP contribution is 2.22. The minimum Gasteiger partial charge on any atom is -0.311 e. The summed E-state index contributed by atoms with van der Waals surface area (Å²) in [7, 11) is 0. The lowest BCUT2D eigenvalue weighted by Crippen LogP contribution is -2.35. The van der Waals surface area contributed by atoms with E-state index in [1.807, 2.05) is 0 Å². The topological polar surface area (TPSA) is 92.1 Å². The van der Waals surface area contributed by atoms with Gasteiger partial charge in [-0.1, -0.05) is 18.2 Å². The van der Waals surface area contributed by atoms with Crippen LogP contribution in [0.4, 0.5) is 5.69 Å². The van der Waals surface area contributed by atoms with Crippen LogP contribution >= 0.6 is 0 Å². The summed E-state index contributed by atoms with van der Waals surface area (Å²) in [6.07, 6.45) is 0.610. The average molecular weight is 300 g/mol. The van der Waals surface area contributed by atoms with Crippen molar-refractivity contribution in [2.24, 2.45) is 0 Å². The summed E-state index contributed by atoms with van der Waals surface area (Å²) in [5.41, 5.74) is 2.23. The van der Waals surface area contributed by atoms with E-state index in [1.165, 1.54) is 6.07 Å². The van der Waals surface area contributed by atoms with E-state index in [-0.39, 0.29) is 16.2 Å². The van der Waals surface area contributed by atoms with Crippen molar-refractivity contribution in [1.29, 1.82) is 0 Å². The second-order valence-electron chi connectivity index (χ2n) is 5.42. The van der Waals surface area contributed by atoms with Crippen LogP contribution < -0.4 is 5.56 Å². The molecular formula is C15H16N4O3. The van der Waals surface area contributed by atoms with Gasteiger partial charge in [-0.25, -0.2) is 4.98 Å². The lowest BCUT2D eigenvalue weighted by molar-refractivity contribution is -0.385. The summed E-state index contributed by atoms with van der Waals surface area (Å²) in [6, 6.07) is 6.75. The molecular weight excluding hydrogens is 284 g/mol. The Bertz CT molecular complexity index is 785. The Morgan fingerprint density at radius 2 is 2.18 bits per heavy atom. The first-order valence-corrected chi connectivity index (χ1v) is 7.08. The third kappa shape index (κ3) is 2.75. The van der Waals surface area contributed by atoms with Gasteiger partial charge in [-0.15, -0.1) is 0 Å². The fourth-order valence-corrected chi connectivity index (χ4v) is 2.82. The number of aromatic nitrogens is 2. The predicted octanol–water partition coefficient (Wildman–Crippen LogP) is 1.54. The van der Waals surface area contributed by atoms with Crippen molar-refractivity contribution in [3.05, 3.63) is 67.4 Å². The van der Waals surface area contributed by atoms with Gasteiger partial charge in [-0.3, -0.25) is 19.8 Å². The van der Waals surface area contributed by atoms with Gasteiger partial charge in [0.15, 0.2) is 0 Å². The number of fused-ring (bicyclic) bond motifs is 1. The van der Waals surface area contributed by atoms with E-state index in [0.29, 0.717) is 37.4 Å². The molecule has 0 saturated carbocycles. The first-order valence-electron chi connectivity index (χ1n) is 7.08. The molecule has 1 aliphatic heterocycles. The third-order valence-corrected chi connectivity index (χ3v) is 3.85. The molecule has 7 nitrogen and oxygen atoms in total. The summed E-state index contributed by atoms with van der Waals surface area (Å²) in [4.78, 5) is 31.8. The maximum absolute atomic E-state index is 11.9. The number of nitro benzene ring substituents is 1. The zero-order valence-electron chi connectivity index (χ0n) is 12.2. The van der Waals surface area contributed by atoms with Gasteiger partial charge in [0.1, 0.15) is 5.82 Å². The van der Waals surface area contributed by atoms with Crippen LogP contribution in [0.25, 0.3) is 0 Å². The maximum Gasteiger partial charge on any atom is 0.273 e. The fourth-order valence-electron chi connectivity index (χ4n) is 2.82. The number of para-hydroxylation sites is 1. The number of benzene rings is 1. The Balaban J connectivity index is 1.84. The van der Waals surface area contributed by atoms with Gasteiger partial charge < -0.3 is 4.98 Å². The maximum atomic E-state index is 11.9. The molecule has 22 heavy (non-hydrogen) atoms. The van der Waals surface area contributed by atoms with Gasteiger partial charge in [-0.05, 0) is 13.3 Å². The quantitative estimate of drug-likeness (QED) is 0.685. The van der Waals surface area contributed by atoms with Gasteiger partial charge in [0.05, 0.1) is 10.6 Å². The van der Waals surface area contributed by atoms with Crippen molar-refractivity contribution in [3.63, 3.8) is 0 Å². The van der Waals surface area contributed by atoms with E-state index in [9.17, 15) is 14.9 Å². The second kappa shape index (κ2) is 5.69. The molecule has 2 heterocycles. The van der Waals surface area contributed by atoms with E-state index < -0.39 is 0 Å². The minimum atomic E-state index is -0.361. The highest BCUT2D eigenvalue weighted by molar-refractivity contribution is 5.39. The standard InChI is InChI=1S/C15H16N4O3/c1-10-16-13-9-18(7-6-12(13)15(20)17-10)8-11-4-2-3-5-14(11)19(21)22/h2-5H,6-9H2,1H3,(H,16,17,20). The van der Waals surface area contributed by atoms with E-state index >= 15 is 0 Å². The lowest BCUT2D eigenvalue weighted by Gasteiger charge is -2.27. The Labute approximate surface area is 126 Å². The Kier molecular flexibility index (Phi) is 3.72. The second-order valence-corrected chi connectivity index (χ2v) is 5.42. The van der Waals surface area contributed by atoms with E-state index in [2.05, 4.69) is 14.9 Å². The molecule has 0 aliphatic carbocycles. The number of rotatable bonds is 3. The van der Waals surface area contributed by atoms with Gasteiger partial charge >= 0.3 is 0 Å². The normalized spacial score (nSPS) is 14.6. The molecule has 1 aromatic heterocycles. The van der Waals surface area contributed by atoms with Crippen molar-refractivity contribution in [2.75, 3.05) is 6.54 Å². The highest BCUT2D eigenvalue weighted by atomic mass is 16.6. The molecule has 1 aliphatic rings. The minimum absolute atomic E-state index is 0.0761. The van der Waals surface area contributed by atoms with Crippen LogP contribution in [0, 0.1) is 17.0 Å². The monoisotopic (exact) mass is 300 g/mol. The molecule has 1 aromatic carbocycles. The largest absolute Gasteiger partial charge is 0.311 e. The number of nitrogens with zero attached hydrogens (tertiary/aromatic N) is 3. The number of H-pyrrole nitrogens is 1. The predicted molar refractivity (Wildman–Crippen MR) is 80.5 cm³/mol. The van der Waals surface area contributed by atoms with Gasteiger partial charge in [0.25, 0.3) is 11.2 Å². The molecule has 0 saturated heterocycles. The molecule has 0 fully saturated rings. The van der Waals surface area contributed by atoms with Crippen molar-refractivity contribution in [2.45, 2.75) is 26.4 Å². The average Bonchev–Trinajstić information content (AvgIpc) is 2.47. The first kappa shape index (κ1) is 14.4. The molecule has 7 heteroatoms. The molecule has 0 radical (unpaired) electrons. The first-order chi connectivity index (χ1) is 10.5. The zero-order valence-corrected chi connectivity index (χ0v) is 12.2. The molecule has 114 valence electrons. The molecule has 2 aromatic rings. The summed E-state index contributed by atoms with van der Waals surface area (Å²) in [6.45, 7) is 3.45. The molecule has 0 atom stereocenters. The third-order valence-electron chi connectivity index (χ3n) is 3.85. The van der Waals surface area contributed by atoms with Crippen molar-refractivity contribution in [1.82, 2.24) is 14.9 Å². The van der Waals surface area contributed by atoms with Crippen LogP contribution in [0.2, 0.25) is 0 Å². The summed E-state index contributed by atoms with van der Waals surface area (Å²) in [5, 5.41) is 11.1. The van der Waals surface area contributed by atoms with Crippen LogP contribution in [0.15, 0.2) is 29.1 Å². The number of hydrogen-bond donors (Lipinski definition) is 1. The van der Waals surface area contributed by atoms with E-state index in [0.717, 1.165) is 11.3 Å². The summed E-state index contributed by atoms with van der Waals surface area (Å²) in [5.74, 6) is 0.594. The van der Waals surface area contributed by atoms with Gasteiger partial charge in [-0.2, -0.15) is 0 Å². The molecule has 1 N–H and O–H groups in total. The van der Waals surface area contributed by atoms with E-state index in [1.54, 1.807) is 25.1 Å². The van der Waals surface area contributed by atoms with Crippen LogP contribution in [0.3, 0.4) is 0 Å². The molecule has 0 unspecified atom stereocenters. The smallest absolute Gasteiger partial charge is 0.273 e. The summed E-state index contributed by atoms with van der Waals surface area (Å²) < 4.78 is 0. The van der Waals surface area contributed by atoms with Gasteiger partial charge in [0.2, 0.25) is 0 Å². The number of nitro groups is 1. The Hall–Kier alpha value is -2.54. The molecule has 0 bridgehead atoms. The Morgan fingerprint density at radius 3 is 2.95 bits per heavy atom. The SMILES string of the molecule is Cc1nc2c(c(=O)[nH]1)CCN(Cc1ccccc1[N+](=O)[O-])C2. The van der Waals surface area contributed by atoms with Crippen LogP contribution in [-0.4, -0.2) is 26.3 Å². The van der Waals surface area contributed by atoms with E-state index in [4.69, 9.17) is 0 Å². The van der Waals surface area contributed by atoms with Crippen LogP contribution in [-0.2, 0) is 19.5 Å². The zero-order chi connectivity index (χ0) is 15.7.